The normalized spacial score (nSPS) is 14.8. The van der Waals surface area contributed by atoms with Crippen LogP contribution < -0.4 is 5.32 Å². The minimum Gasteiger partial charge on any atom is -0.379 e. The topological polar surface area (TPSA) is 93.0 Å². The van der Waals surface area contributed by atoms with E-state index in [1.807, 2.05) is 60.0 Å². The van der Waals surface area contributed by atoms with Gasteiger partial charge in [0.05, 0.1) is 18.1 Å². The number of fused-ring (bicyclic) bond motifs is 1. The van der Waals surface area contributed by atoms with E-state index in [0.29, 0.717) is 54.6 Å². The number of ether oxygens (including phenoxy) is 1. The van der Waals surface area contributed by atoms with Gasteiger partial charge in [-0.25, -0.2) is 13.4 Å². The summed E-state index contributed by atoms with van der Waals surface area (Å²) in [6.45, 7) is 5.05. The van der Waals surface area contributed by atoms with Gasteiger partial charge in [0.25, 0.3) is 5.91 Å². The first-order chi connectivity index (χ1) is 16.8. The van der Waals surface area contributed by atoms with E-state index >= 15 is 0 Å². The Morgan fingerprint density at radius 3 is 2.49 bits per heavy atom. The molecule has 5 rings (SSSR count). The largest absolute Gasteiger partial charge is 0.379 e. The fourth-order valence-electron chi connectivity index (χ4n) is 4.18. The summed E-state index contributed by atoms with van der Waals surface area (Å²) in [7, 11) is -3.73. The number of nitrogens with zero attached hydrogens (tertiary/aromatic N) is 3. The lowest BCUT2D eigenvalue weighted by Gasteiger charge is -2.26. The summed E-state index contributed by atoms with van der Waals surface area (Å²) < 4.78 is 34.9. The molecule has 0 unspecified atom stereocenters. The third kappa shape index (κ3) is 4.45. The molecule has 0 bridgehead atoms. The van der Waals surface area contributed by atoms with Gasteiger partial charge in [-0.2, -0.15) is 4.31 Å². The van der Waals surface area contributed by atoms with Crippen molar-refractivity contribution >= 4 is 27.4 Å². The number of hydrogen-bond donors (Lipinski definition) is 1. The second-order valence-electron chi connectivity index (χ2n) is 8.56. The van der Waals surface area contributed by atoms with Gasteiger partial charge in [0.1, 0.15) is 17.2 Å². The number of aromatic nitrogens is 2. The molecule has 9 heteroatoms. The highest BCUT2D eigenvalue weighted by Gasteiger charge is 2.28. The van der Waals surface area contributed by atoms with Gasteiger partial charge >= 0.3 is 0 Å². The molecule has 0 aliphatic carbocycles. The maximum absolute atomic E-state index is 13.5. The van der Waals surface area contributed by atoms with Gasteiger partial charge in [0.2, 0.25) is 10.0 Å². The first-order valence-electron chi connectivity index (χ1n) is 11.4. The number of pyridine rings is 1. The van der Waals surface area contributed by atoms with Crippen molar-refractivity contribution in [3.63, 3.8) is 0 Å². The van der Waals surface area contributed by atoms with Crippen molar-refractivity contribution in [1.82, 2.24) is 13.7 Å². The highest BCUT2D eigenvalue weighted by atomic mass is 32.2. The molecular formula is C26H26N4O4S. The third-order valence-electron chi connectivity index (χ3n) is 6.11. The number of anilines is 1. The van der Waals surface area contributed by atoms with Crippen LogP contribution in [0.1, 0.15) is 21.5 Å². The lowest BCUT2D eigenvalue weighted by atomic mass is 10.1. The average molecular weight is 491 g/mol. The number of rotatable bonds is 5. The quantitative estimate of drug-likeness (QED) is 0.458. The monoisotopic (exact) mass is 490 g/mol. The maximum atomic E-state index is 13.5. The molecule has 1 fully saturated rings. The van der Waals surface area contributed by atoms with Crippen LogP contribution in [0.4, 0.5) is 5.82 Å². The van der Waals surface area contributed by atoms with Crippen LogP contribution in [0.25, 0.3) is 16.9 Å². The second-order valence-corrected chi connectivity index (χ2v) is 10.5. The molecule has 2 aromatic carbocycles. The first kappa shape index (κ1) is 23.2. The summed E-state index contributed by atoms with van der Waals surface area (Å²) in [5.74, 6) is 0.128. The Labute approximate surface area is 204 Å². The smallest absolute Gasteiger partial charge is 0.257 e. The maximum Gasteiger partial charge on any atom is 0.257 e. The molecule has 180 valence electrons. The number of sulfonamides is 1. The van der Waals surface area contributed by atoms with Crippen molar-refractivity contribution in [2.75, 3.05) is 31.6 Å². The van der Waals surface area contributed by atoms with Crippen molar-refractivity contribution in [3.8, 4) is 11.3 Å². The minimum absolute atomic E-state index is 0.0902. The summed E-state index contributed by atoms with van der Waals surface area (Å²) in [5, 5.41) is 3.01. The Balaban J connectivity index is 1.55. The molecule has 8 nitrogen and oxygen atoms in total. The fourth-order valence-corrected chi connectivity index (χ4v) is 5.62. The van der Waals surface area contributed by atoms with Crippen LogP contribution in [-0.4, -0.2) is 54.3 Å². The Morgan fingerprint density at radius 2 is 1.74 bits per heavy atom. The molecule has 1 saturated heterocycles. The van der Waals surface area contributed by atoms with Crippen LogP contribution in [0.5, 0.6) is 0 Å². The molecule has 1 aliphatic heterocycles. The average Bonchev–Trinajstić information content (AvgIpc) is 3.22. The summed E-state index contributed by atoms with van der Waals surface area (Å²) in [5.41, 5.74) is 4.18. The number of benzene rings is 2. The molecule has 4 aromatic rings. The van der Waals surface area contributed by atoms with Crippen LogP contribution in [0, 0.1) is 13.8 Å². The molecule has 2 aromatic heterocycles. The molecule has 0 radical (unpaired) electrons. The molecule has 35 heavy (non-hydrogen) atoms. The van der Waals surface area contributed by atoms with Gasteiger partial charge in [-0.3, -0.25) is 9.20 Å². The van der Waals surface area contributed by atoms with E-state index in [4.69, 9.17) is 9.72 Å². The highest BCUT2D eigenvalue weighted by Crippen LogP contribution is 2.30. The zero-order chi connectivity index (χ0) is 24.6. The van der Waals surface area contributed by atoms with Crippen molar-refractivity contribution in [2.24, 2.45) is 0 Å². The van der Waals surface area contributed by atoms with Gasteiger partial charge in [0, 0.05) is 30.4 Å². The Kier molecular flexibility index (Phi) is 6.14. The van der Waals surface area contributed by atoms with Crippen LogP contribution in [0.2, 0.25) is 0 Å². The minimum atomic E-state index is -3.73. The van der Waals surface area contributed by atoms with Crippen LogP contribution in [0.15, 0.2) is 71.8 Å². The fraction of sp³-hybridized carbons (Fsp3) is 0.231. The number of morpholine rings is 1. The van der Waals surface area contributed by atoms with E-state index in [9.17, 15) is 13.2 Å². The predicted molar refractivity (Wildman–Crippen MR) is 134 cm³/mol. The van der Waals surface area contributed by atoms with E-state index in [0.717, 1.165) is 11.1 Å². The molecular weight excluding hydrogens is 464 g/mol. The van der Waals surface area contributed by atoms with Gasteiger partial charge in [0.15, 0.2) is 0 Å². The standard InChI is InChI=1S/C26H26N4O4S/c1-18-8-11-23-27-24(20-6-4-3-5-7-20)25(30(23)17-18)28-26(31)22-16-21(10-9-19(22)2)35(32,33)29-12-14-34-15-13-29/h3-11,16-17H,12-15H2,1-2H3,(H,28,31). The number of nitrogens with one attached hydrogen (secondary N) is 1. The molecule has 0 saturated carbocycles. The second kappa shape index (κ2) is 9.26. The van der Waals surface area contributed by atoms with Gasteiger partial charge in [-0.1, -0.05) is 42.5 Å². The summed E-state index contributed by atoms with van der Waals surface area (Å²) in [4.78, 5) is 18.4. The molecule has 0 spiro atoms. The zero-order valence-electron chi connectivity index (χ0n) is 19.6. The lowest BCUT2D eigenvalue weighted by Crippen LogP contribution is -2.40. The summed E-state index contributed by atoms with van der Waals surface area (Å²) in [6.07, 6.45) is 1.91. The highest BCUT2D eigenvalue weighted by molar-refractivity contribution is 7.89. The SMILES string of the molecule is Cc1ccc2nc(-c3ccccc3)c(NC(=O)c3cc(S(=O)(=O)N4CCOCC4)ccc3C)n2c1. The lowest BCUT2D eigenvalue weighted by molar-refractivity contribution is 0.0730. The van der Waals surface area contributed by atoms with E-state index in [1.54, 1.807) is 19.1 Å². The Hall–Kier alpha value is -3.53. The van der Waals surface area contributed by atoms with Crippen molar-refractivity contribution in [1.29, 1.82) is 0 Å². The van der Waals surface area contributed by atoms with Crippen molar-refractivity contribution < 1.29 is 17.9 Å². The molecule has 1 amide bonds. The van der Waals surface area contributed by atoms with Gasteiger partial charge < -0.3 is 10.1 Å². The molecule has 3 heterocycles. The number of hydrogen-bond acceptors (Lipinski definition) is 5. The Morgan fingerprint density at radius 1 is 1.00 bits per heavy atom. The number of aryl methyl sites for hydroxylation is 2. The summed E-state index contributed by atoms with van der Waals surface area (Å²) >= 11 is 0. The number of carbonyl (C=O) groups is 1. The molecule has 1 aliphatic rings. The molecule has 0 atom stereocenters. The van der Waals surface area contributed by atoms with Crippen LogP contribution in [0.3, 0.4) is 0 Å². The predicted octanol–water partition coefficient (Wildman–Crippen LogP) is 3.89. The van der Waals surface area contributed by atoms with Crippen molar-refractivity contribution in [2.45, 2.75) is 18.7 Å². The van der Waals surface area contributed by atoms with E-state index in [-0.39, 0.29) is 4.90 Å². The van der Waals surface area contributed by atoms with Crippen LogP contribution >= 0.6 is 0 Å². The molecule has 1 N–H and O–H groups in total. The van der Waals surface area contributed by atoms with E-state index in [1.165, 1.54) is 10.4 Å². The van der Waals surface area contributed by atoms with Crippen LogP contribution in [-0.2, 0) is 14.8 Å². The number of imidazole rings is 1. The zero-order valence-corrected chi connectivity index (χ0v) is 20.4. The van der Waals surface area contributed by atoms with E-state index < -0.39 is 15.9 Å². The van der Waals surface area contributed by atoms with Gasteiger partial charge in [-0.15, -0.1) is 0 Å². The number of carbonyl (C=O) groups excluding carboxylic acids is 1. The van der Waals surface area contributed by atoms with E-state index in [2.05, 4.69) is 5.32 Å². The third-order valence-corrected chi connectivity index (χ3v) is 8.00. The summed E-state index contributed by atoms with van der Waals surface area (Å²) in [6, 6.07) is 18.2. The number of amides is 1. The first-order valence-corrected chi connectivity index (χ1v) is 12.8. The van der Waals surface area contributed by atoms with Crippen molar-refractivity contribution in [3.05, 3.63) is 83.6 Å². The Bertz CT molecular complexity index is 1510. The van der Waals surface area contributed by atoms with Gasteiger partial charge in [-0.05, 0) is 43.2 Å².